The van der Waals surface area contributed by atoms with E-state index in [9.17, 15) is 17.6 Å². The zero-order valence-corrected chi connectivity index (χ0v) is 16.0. The third-order valence-electron chi connectivity index (χ3n) is 5.16. The lowest BCUT2D eigenvalue weighted by atomic mass is 9.99. The average molecular weight is 391 g/mol. The number of esters is 1. The van der Waals surface area contributed by atoms with Crippen molar-refractivity contribution in [3.05, 3.63) is 65.5 Å². The van der Waals surface area contributed by atoms with Gasteiger partial charge in [0.15, 0.2) is 9.84 Å². The average Bonchev–Trinajstić information content (AvgIpc) is 3.34. The summed E-state index contributed by atoms with van der Waals surface area (Å²) in [6.45, 7) is 3.45. The minimum absolute atomic E-state index is 0.119. The van der Waals surface area contributed by atoms with Crippen molar-refractivity contribution in [2.45, 2.75) is 29.9 Å². The van der Waals surface area contributed by atoms with Crippen molar-refractivity contribution in [2.75, 3.05) is 13.2 Å². The molecular weight excluding hydrogens is 369 g/mol. The second-order valence-electron chi connectivity index (χ2n) is 6.77. The second-order valence-corrected chi connectivity index (χ2v) is 8.84. The number of ether oxygens (including phenoxy) is 1. The number of benzene rings is 2. The van der Waals surface area contributed by atoms with E-state index < -0.39 is 38.2 Å². The van der Waals surface area contributed by atoms with E-state index >= 15 is 0 Å². The molecule has 0 saturated heterocycles. The molecule has 1 fully saturated rings. The largest absolute Gasteiger partial charge is 0.465 e. The third kappa shape index (κ3) is 3.15. The summed E-state index contributed by atoms with van der Waals surface area (Å²) in [5.41, 5.74) is 6.01. The molecule has 0 radical (unpaired) electrons. The maximum absolute atomic E-state index is 13.3. The van der Waals surface area contributed by atoms with Gasteiger partial charge < -0.3 is 10.5 Å². The molecular formula is C20H22FNO4S. The van der Waals surface area contributed by atoms with Gasteiger partial charge in [-0.25, -0.2) is 12.8 Å². The zero-order valence-electron chi connectivity index (χ0n) is 15.2. The van der Waals surface area contributed by atoms with E-state index in [1.165, 1.54) is 36.4 Å². The number of nitrogens with two attached hydrogens (primary N) is 1. The SMILES string of the molecule is CCOC(=O)C1(CN)C(c2ccc(F)cc2)C1S(=O)(=O)c1ccc(C)cc1. The van der Waals surface area contributed by atoms with Gasteiger partial charge in [0.1, 0.15) is 11.2 Å². The quantitative estimate of drug-likeness (QED) is 0.765. The number of rotatable bonds is 6. The topological polar surface area (TPSA) is 86.5 Å². The van der Waals surface area contributed by atoms with E-state index in [0.29, 0.717) is 5.56 Å². The molecule has 1 aliphatic carbocycles. The maximum atomic E-state index is 13.3. The highest BCUT2D eigenvalue weighted by molar-refractivity contribution is 7.92. The lowest BCUT2D eigenvalue weighted by Gasteiger charge is -2.14. The van der Waals surface area contributed by atoms with E-state index in [0.717, 1.165) is 5.56 Å². The van der Waals surface area contributed by atoms with E-state index in [2.05, 4.69) is 0 Å². The van der Waals surface area contributed by atoms with Crippen LogP contribution < -0.4 is 5.73 Å². The van der Waals surface area contributed by atoms with Crippen molar-refractivity contribution >= 4 is 15.8 Å². The molecule has 1 aliphatic rings. The number of halogens is 1. The minimum Gasteiger partial charge on any atom is -0.465 e. The van der Waals surface area contributed by atoms with E-state index in [4.69, 9.17) is 10.5 Å². The highest BCUT2D eigenvalue weighted by atomic mass is 32.2. The number of aryl methyl sites for hydroxylation is 1. The molecule has 27 heavy (non-hydrogen) atoms. The summed E-state index contributed by atoms with van der Waals surface area (Å²) >= 11 is 0. The number of carbonyl (C=O) groups is 1. The number of hydrogen-bond donors (Lipinski definition) is 1. The number of hydrogen-bond acceptors (Lipinski definition) is 5. The monoisotopic (exact) mass is 391 g/mol. The normalized spacial score (nSPS) is 24.4. The third-order valence-corrected chi connectivity index (χ3v) is 7.45. The van der Waals surface area contributed by atoms with Crippen LogP contribution in [-0.2, 0) is 19.4 Å². The predicted molar refractivity (Wildman–Crippen MR) is 99.4 cm³/mol. The maximum Gasteiger partial charge on any atom is 0.315 e. The van der Waals surface area contributed by atoms with Gasteiger partial charge in [-0.3, -0.25) is 4.79 Å². The Morgan fingerprint density at radius 1 is 1.15 bits per heavy atom. The van der Waals surface area contributed by atoms with Gasteiger partial charge in [-0.2, -0.15) is 0 Å². The van der Waals surface area contributed by atoms with Crippen LogP contribution in [0.2, 0.25) is 0 Å². The van der Waals surface area contributed by atoms with Gasteiger partial charge >= 0.3 is 5.97 Å². The van der Waals surface area contributed by atoms with Gasteiger partial charge in [-0.15, -0.1) is 0 Å². The summed E-state index contributed by atoms with van der Waals surface area (Å²) in [7, 11) is -3.85. The van der Waals surface area contributed by atoms with Crippen LogP contribution >= 0.6 is 0 Å². The van der Waals surface area contributed by atoms with Crippen molar-refractivity contribution < 1.29 is 22.3 Å². The van der Waals surface area contributed by atoms with Crippen LogP contribution in [0.3, 0.4) is 0 Å². The first-order valence-electron chi connectivity index (χ1n) is 8.72. The van der Waals surface area contributed by atoms with Crippen molar-refractivity contribution in [3.63, 3.8) is 0 Å². The van der Waals surface area contributed by atoms with Gasteiger partial charge in [0.2, 0.25) is 0 Å². The highest BCUT2D eigenvalue weighted by Crippen LogP contribution is 2.64. The molecule has 0 aliphatic heterocycles. The molecule has 3 unspecified atom stereocenters. The molecule has 0 amide bonds. The molecule has 144 valence electrons. The Morgan fingerprint density at radius 3 is 2.26 bits per heavy atom. The van der Waals surface area contributed by atoms with Crippen LogP contribution in [0.15, 0.2) is 53.4 Å². The van der Waals surface area contributed by atoms with Crippen molar-refractivity contribution in [1.29, 1.82) is 0 Å². The van der Waals surface area contributed by atoms with Gasteiger partial charge in [0.25, 0.3) is 0 Å². The molecule has 7 heteroatoms. The first-order chi connectivity index (χ1) is 12.8. The summed E-state index contributed by atoms with van der Waals surface area (Å²) in [4.78, 5) is 12.8. The molecule has 1 saturated carbocycles. The molecule has 2 aromatic carbocycles. The number of sulfone groups is 1. The Bertz CT molecular complexity index is 941. The van der Waals surface area contributed by atoms with Crippen LogP contribution in [0.4, 0.5) is 4.39 Å². The Morgan fingerprint density at radius 2 is 1.74 bits per heavy atom. The van der Waals surface area contributed by atoms with Crippen LogP contribution in [-0.4, -0.2) is 32.8 Å². The molecule has 5 nitrogen and oxygen atoms in total. The summed E-state index contributed by atoms with van der Waals surface area (Å²) in [5.74, 6) is -1.76. The Hall–Kier alpha value is -2.25. The van der Waals surface area contributed by atoms with Crippen LogP contribution in [0.1, 0.15) is 24.0 Å². The zero-order chi connectivity index (χ0) is 19.8. The fourth-order valence-corrected chi connectivity index (χ4v) is 6.09. The molecule has 2 N–H and O–H groups in total. The van der Waals surface area contributed by atoms with Crippen LogP contribution in [0.5, 0.6) is 0 Å². The molecule has 0 spiro atoms. The molecule has 3 atom stereocenters. The smallest absolute Gasteiger partial charge is 0.315 e. The standard InChI is InChI=1S/C20H22FNO4S/c1-3-26-19(23)20(12-22)17(14-6-8-15(21)9-7-14)18(20)27(24,25)16-10-4-13(2)5-11-16/h4-11,17-18H,3,12,22H2,1-2H3. The Kier molecular flexibility index (Phi) is 5.10. The van der Waals surface area contributed by atoms with Crippen LogP contribution in [0.25, 0.3) is 0 Å². The summed E-state index contributed by atoms with van der Waals surface area (Å²) in [6, 6.07) is 11.9. The fraction of sp³-hybridized carbons (Fsp3) is 0.350. The van der Waals surface area contributed by atoms with Crippen molar-refractivity contribution in [1.82, 2.24) is 0 Å². The predicted octanol–water partition coefficient (Wildman–Crippen LogP) is 2.58. The highest BCUT2D eigenvalue weighted by Gasteiger charge is 2.75. The van der Waals surface area contributed by atoms with Gasteiger partial charge in [0.05, 0.1) is 16.8 Å². The van der Waals surface area contributed by atoms with Gasteiger partial charge in [0, 0.05) is 12.5 Å². The van der Waals surface area contributed by atoms with Crippen LogP contribution in [0, 0.1) is 18.2 Å². The summed E-state index contributed by atoms with van der Waals surface area (Å²) < 4.78 is 45.1. The summed E-state index contributed by atoms with van der Waals surface area (Å²) in [5, 5.41) is -1.05. The molecule has 0 bridgehead atoms. The molecule has 0 aromatic heterocycles. The molecule has 0 heterocycles. The lowest BCUT2D eigenvalue weighted by molar-refractivity contribution is -0.149. The Balaban J connectivity index is 2.10. The van der Waals surface area contributed by atoms with Gasteiger partial charge in [-0.05, 0) is 43.7 Å². The van der Waals surface area contributed by atoms with E-state index in [1.807, 2.05) is 6.92 Å². The Labute approximate surface area is 158 Å². The van der Waals surface area contributed by atoms with E-state index in [1.54, 1.807) is 19.1 Å². The van der Waals surface area contributed by atoms with E-state index in [-0.39, 0.29) is 18.0 Å². The first-order valence-corrected chi connectivity index (χ1v) is 10.3. The second kappa shape index (κ2) is 7.05. The minimum atomic E-state index is -3.85. The lowest BCUT2D eigenvalue weighted by Crippen LogP contribution is -2.33. The first kappa shape index (κ1) is 19.5. The van der Waals surface area contributed by atoms with Crippen molar-refractivity contribution in [2.24, 2.45) is 11.1 Å². The fourth-order valence-electron chi connectivity index (χ4n) is 3.71. The molecule has 2 aromatic rings. The van der Waals surface area contributed by atoms with Crippen molar-refractivity contribution in [3.8, 4) is 0 Å². The number of carbonyl (C=O) groups excluding carboxylic acids is 1. The summed E-state index contributed by atoms with van der Waals surface area (Å²) in [6.07, 6.45) is 0. The molecule has 3 rings (SSSR count). The van der Waals surface area contributed by atoms with Gasteiger partial charge in [-0.1, -0.05) is 29.8 Å².